The summed E-state index contributed by atoms with van der Waals surface area (Å²) in [7, 11) is 1.51. The third-order valence-electron chi connectivity index (χ3n) is 2.81. The minimum Gasteiger partial charge on any atom is -0.496 e. The molecule has 0 aliphatic rings. The lowest BCUT2D eigenvalue weighted by Crippen LogP contribution is -1.98. The maximum absolute atomic E-state index is 13.5. The van der Waals surface area contributed by atoms with Gasteiger partial charge in [0.25, 0.3) is 0 Å². The van der Waals surface area contributed by atoms with Gasteiger partial charge < -0.3 is 9.47 Å². The number of benzene rings is 2. The highest BCUT2D eigenvalue weighted by Crippen LogP contribution is 2.36. The molecule has 20 heavy (non-hydrogen) atoms. The third-order valence-corrected chi connectivity index (χ3v) is 2.81. The lowest BCUT2D eigenvalue weighted by Gasteiger charge is -2.11. The number of nitrogens with zero attached hydrogens (tertiary/aromatic N) is 1. The fourth-order valence-electron chi connectivity index (χ4n) is 1.80. The van der Waals surface area contributed by atoms with Gasteiger partial charge in [0.15, 0.2) is 0 Å². The van der Waals surface area contributed by atoms with Crippen LogP contribution in [0.25, 0.3) is 0 Å². The van der Waals surface area contributed by atoms with E-state index in [-0.39, 0.29) is 5.75 Å². The van der Waals surface area contributed by atoms with E-state index >= 15 is 0 Å². The second-order valence-electron chi connectivity index (χ2n) is 4.03. The number of hydrogen-bond donors (Lipinski definition) is 0. The number of nitro groups is 1. The van der Waals surface area contributed by atoms with E-state index in [2.05, 4.69) is 0 Å². The van der Waals surface area contributed by atoms with Gasteiger partial charge in [-0.15, -0.1) is 0 Å². The maximum atomic E-state index is 13.5. The zero-order valence-corrected chi connectivity index (χ0v) is 10.9. The van der Waals surface area contributed by atoms with Gasteiger partial charge >= 0.3 is 5.69 Å². The van der Waals surface area contributed by atoms with Crippen LogP contribution in [0.2, 0.25) is 0 Å². The summed E-state index contributed by atoms with van der Waals surface area (Å²) in [5.41, 5.74) is -0.0109. The van der Waals surface area contributed by atoms with Gasteiger partial charge in [-0.3, -0.25) is 10.1 Å². The van der Waals surface area contributed by atoms with Crippen molar-refractivity contribution in [2.24, 2.45) is 0 Å². The predicted octanol–water partition coefficient (Wildman–Crippen LogP) is 3.84. The first kappa shape index (κ1) is 13.8. The number of methoxy groups -OCH3 is 1. The Morgan fingerprint density at radius 2 is 1.70 bits per heavy atom. The van der Waals surface area contributed by atoms with Crippen molar-refractivity contribution in [3.05, 3.63) is 57.9 Å². The van der Waals surface area contributed by atoms with E-state index in [4.69, 9.17) is 9.47 Å². The molecular formula is C14H12FNO4. The molecule has 0 atom stereocenters. The standard InChI is InChI=1S/C14H12FNO4/c1-9-11(19-2)6-4-7-12(9)20-13-8-3-5-10(15)14(13)16(17)18/h3-8H,1-2H3. The van der Waals surface area contributed by atoms with E-state index < -0.39 is 16.4 Å². The lowest BCUT2D eigenvalue weighted by atomic mass is 10.2. The van der Waals surface area contributed by atoms with Crippen LogP contribution in [0.5, 0.6) is 17.2 Å². The summed E-state index contributed by atoms with van der Waals surface area (Å²) in [6.45, 7) is 1.75. The van der Waals surface area contributed by atoms with Crippen molar-refractivity contribution in [3.63, 3.8) is 0 Å². The van der Waals surface area contributed by atoms with Gasteiger partial charge in [0.2, 0.25) is 11.6 Å². The Morgan fingerprint density at radius 1 is 1.10 bits per heavy atom. The second kappa shape index (κ2) is 5.56. The van der Waals surface area contributed by atoms with Gasteiger partial charge in [0.05, 0.1) is 12.0 Å². The summed E-state index contributed by atoms with van der Waals surface area (Å²) >= 11 is 0. The summed E-state index contributed by atoms with van der Waals surface area (Å²) in [6.07, 6.45) is 0. The fraction of sp³-hybridized carbons (Fsp3) is 0.143. The van der Waals surface area contributed by atoms with Crippen LogP contribution in [0, 0.1) is 22.9 Å². The Kier molecular flexibility index (Phi) is 3.84. The molecule has 5 nitrogen and oxygen atoms in total. The Hall–Kier alpha value is -2.63. The van der Waals surface area contributed by atoms with Crippen molar-refractivity contribution in [1.29, 1.82) is 0 Å². The molecule has 6 heteroatoms. The van der Waals surface area contributed by atoms with E-state index in [1.165, 1.54) is 19.2 Å². The summed E-state index contributed by atoms with van der Waals surface area (Å²) in [5, 5.41) is 10.9. The Balaban J connectivity index is 2.46. The topological polar surface area (TPSA) is 61.6 Å². The van der Waals surface area contributed by atoms with Gasteiger partial charge in [-0.25, -0.2) is 0 Å². The molecule has 104 valence electrons. The van der Waals surface area contributed by atoms with Gasteiger partial charge in [-0.2, -0.15) is 4.39 Å². The van der Waals surface area contributed by atoms with Gasteiger partial charge in [0.1, 0.15) is 11.5 Å². The van der Waals surface area contributed by atoms with Crippen LogP contribution in [0.15, 0.2) is 36.4 Å². The monoisotopic (exact) mass is 277 g/mol. The lowest BCUT2D eigenvalue weighted by molar-refractivity contribution is -0.388. The molecular weight excluding hydrogens is 265 g/mol. The van der Waals surface area contributed by atoms with Crippen LogP contribution < -0.4 is 9.47 Å². The van der Waals surface area contributed by atoms with Gasteiger partial charge in [0, 0.05) is 5.56 Å². The molecule has 0 spiro atoms. The molecule has 0 unspecified atom stereocenters. The second-order valence-corrected chi connectivity index (χ2v) is 4.03. The van der Waals surface area contributed by atoms with Crippen LogP contribution >= 0.6 is 0 Å². The molecule has 0 heterocycles. The summed E-state index contributed by atoms with van der Waals surface area (Å²) in [5.74, 6) is -0.126. The zero-order valence-electron chi connectivity index (χ0n) is 10.9. The average Bonchev–Trinajstić information content (AvgIpc) is 2.41. The Bertz CT molecular complexity index is 658. The van der Waals surface area contributed by atoms with Crippen molar-refractivity contribution in [2.75, 3.05) is 7.11 Å². The van der Waals surface area contributed by atoms with Crippen LogP contribution in [0.3, 0.4) is 0 Å². The Labute approximate surface area is 114 Å². The van der Waals surface area contributed by atoms with Gasteiger partial charge in [-0.1, -0.05) is 12.1 Å². The number of hydrogen-bond acceptors (Lipinski definition) is 4. The summed E-state index contributed by atoms with van der Waals surface area (Å²) in [6, 6.07) is 8.78. The molecule has 0 radical (unpaired) electrons. The molecule has 2 aromatic rings. The van der Waals surface area contributed by atoms with E-state index in [0.717, 1.165) is 6.07 Å². The average molecular weight is 277 g/mol. The Morgan fingerprint density at radius 3 is 2.35 bits per heavy atom. The quantitative estimate of drug-likeness (QED) is 0.629. The SMILES string of the molecule is COc1cccc(Oc2cccc(F)c2[N+](=O)[O-])c1C. The molecule has 2 aromatic carbocycles. The summed E-state index contributed by atoms with van der Waals surface area (Å²) in [4.78, 5) is 10.1. The number of ether oxygens (including phenoxy) is 2. The van der Waals surface area contributed by atoms with Crippen molar-refractivity contribution in [1.82, 2.24) is 0 Å². The molecule has 0 bridgehead atoms. The van der Waals surface area contributed by atoms with Crippen molar-refractivity contribution >= 4 is 5.69 Å². The first-order valence-corrected chi connectivity index (χ1v) is 5.79. The molecule has 0 N–H and O–H groups in total. The molecule has 0 fully saturated rings. The minimum absolute atomic E-state index is 0.147. The van der Waals surface area contributed by atoms with Crippen LogP contribution in [-0.2, 0) is 0 Å². The smallest absolute Gasteiger partial charge is 0.346 e. The molecule has 0 aliphatic heterocycles. The van der Waals surface area contributed by atoms with E-state index in [1.54, 1.807) is 25.1 Å². The van der Waals surface area contributed by atoms with Crippen LogP contribution in [0.1, 0.15) is 5.56 Å². The zero-order chi connectivity index (χ0) is 14.7. The normalized spacial score (nSPS) is 10.2. The predicted molar refractivity (Wildman–Crippen MR) is 70.9 cm³/mol. The first-order chi connectivity index (χ1) is 9.54. The maximum Gasteiger partial charge on any atom is 0.346 e. The van der Waals surface area contributed by atoms with Crippen molar-refractivity contribution in [2.45, 2.75) is 6.92 Å². The highest BCUT2D eigenvalue weighted by atomic mass is 19.1. The van der Waals surface area contributed by atoms with Gasteiger partial charge in [-0.05, 0) is 31.2 Å². The third kappa shape index (κ3) is 2.54. The fourth-order valence-corrected chi connectivity index (χ4v) is 1.80. The van der Waals surface area contributed by atoms with Crippen LogP contribution in [0.4, 0.5) is 10.1 Å². The largest absolute Gasteiger partial charge is 0.496 e. The van der Waals surface area contributed by atoms with Crippen molar-refractivity contribution < 1.29 is 18.8 Å². The molecule has 0 saturated carbocycles. The molecule has 0 aromatic heterocycles. The highest BCUT2D eigenvalue weighted by molar-refractivity contribution is 5.52. The molecule has 2 rings (SSSR count). The number of rotatable bonds is 4. The number of para-hydroxylation sites is 1. The molecule has 0 saturated heterocycles. The molecule has 0 amide bonds. The molecule has 0 aliphatic carbocycles. The first-order valence-electron chi connectivity index (χ1n) is 5.79. The van der Waals surface area contributed by atoms with Crippen LogP contribution in [-0.4, -0.2) is 12.0 Å². The van der Waals surface area contributed by atoms with Crippen molar-refractivity contribution in [3.8, 4) is 17.2 Å². The minimum atomic E-state index is -0.937. The van der Waals surface area contributed by atoms with E-state index in [0.29, 0.717) is 17.1 Å². The summed E-state index contributed by atoms with van der Waals surface area (Å²) < 4.78 is 24.1. The van der Waals surface area contributed by atoms with E-state index in [9.17, 15) is 14.5 Å². The van der Waals surface area contributed by atoms with E-state index in [1.807, 2.05) is 0 Å². The number of halogens is 1. The number of nitro benzene ring substituents is 1. The highest BCUT2D eigenvalue weighted by Gasteiger charge is 2.22.